The molecule has 1 fully saturated rings. The molecule has 0 bridgehead atoms. The van der Waals surface area contributed by atoms with E-state index in [0.717, 1.165) is 36.8 Å². The third-order valence-corrected chi connectivity index (χ3v) is 5.07. The lowest BCUT2D eigenvalue weighted by Crippen LogP contribution is -2.28. The van der Waals surface area contributed by atoms with Gasteiger partial charge >= 0.3 is 6.18 Å². The monoisotopic (exact) mass is 303 g/mol. The van der Waals surface area contributed by atoms with Gasteiger partial charge in [0, 0.05) is 6.54 Å². The van der Waals surface area contributed by atoms with Crippen molar-refractivity contribution in [2.45, 2.75) is 24.9 Å². The molecule has 2 unspecified atom stereocenters. The van der Waals surface area contributed by atoms with Gasteiger partial charge in [0.25, 0.3) is 0 Å². The van der Waals surface area contributed by atoms with Gasteiger partial charge in [-0.05, 0) is 54.9 Å². The van der Waals surface area contributed by atoms with Crippen molar-refractivity contribution in [2.24, 2.45) is 5.92 Å². The van der Waals surface area contributed by atoms with Gasteiger partial charge in [-0.2, -0.15) is 24.9 Å². The quantitative estimate of drug-likeness (QED) is 0.896. The third-order valence-electron chi connectivity index (χ3n) is 3.83. The molecule has 1 aliphatic heterocycles. The maximum absolute atomic E-state index is 12.8. The maximum atomic E-state index is 12.8. The summed E-state index contributed by atoms with van der Waals surface area (Å²) in [5.41, 5.74) is 0.265. The maximum Gasteiger partial charge on any atom is 0.416 e. The van der Waals surface area contributed by atoms with Crippen LogP contribution in [0, 0.1) is 5.92 Å². The first-order valence-electron chi connectivity index (χ1n) is 6.92. The number of nitrogens with one attached hydrogen (secondary N) is 1. The van der Waals surface area contributed by atoms with E-state index in [1.54, 1.807) is 0 Å². The smallest absolute Gasteiger partial charge is 0.319 e. The number of thioether (sulfide) groups is 1. The molecule has 1 heterocycles. The SMILES string of the molecule is CNCC(c1cccc(C(F)(F)F)c1)C1CCCSC1. The molecule has 1 saturated heterocycles. The first-order chi connectivity index (χ1) is 9.52. The van der Waals surface area contributed by atoms with E-state index in [1.807, 2.05) is 24.9 Å². The van der Waals surface area contributed by atoms with Crippen LogP contribution in [0.2, 0.25) is 0 Å². The number of rotatable bonds is 4. The summed E-state index contributed by atoms with van der Waals surface area (Å²) >= 11 is 1.91. The average molecular weight is 303 g/mol. The minimum Gasteiger partial charge on any atom is -0.319 e. The van der Waals surface area contributed by atoms with Gasteiger partial charge in [0.15, 0.2) is 0 Å². The average Bonchev–Trinajstić information content (AvgIpc) is 2.45. The summed E-state index contributed by atoms with van der Waals surface area (Å²) in [6.07, 6.45) is -1.99. The van der Waals surface area contributed by atoms with E-state index in [1.165, 1.54) is 17.9 Å². The summed E-state index contributed by atoms with van der Waals surface area (Å²) in [4.78, 5) is 0. The molecule has 1 N–H and O–H groups in total. The highest BCUT2D eigenvalue weighted by atomic mass is 32.2. The van der Waals surface area contributed by atoms with E-state index in [0.29, 0.717) is 5.92 Å². The Hall–Kier alpha value is -0.680. The largest absolute Gasteiger partial charge is 0.416 e. The third kappa shape index (κ3) is 3.92. The lowest BCUT2D eigenvalue weighted by molar-refractivity contribution is -0.137. The van der Waals surface area contributed by atoms with Crippen LogP contribution in [0.5, 0.6) is 0 Å². The first kappa shape index (κ1) is 15.7. The van der Waals surface area contributed by atoms with Gasteiger partial charge in [0.05, 0.1) is 5.56 Å². The van der Waals surface area contributed by atoms with Gasteiger partial charge in [-0.3, -0.25) is 0 Å². The van der Waals surface area contributed by atoms with E-state index in [-0.39, 0.29) is 5.92 Å². The number of benzene rings is 1. The number of hydrogen-bond acceptors (Lipinski definition) is 2. The highest BCUT2D eigenvalue weighted by Crippen LogP contribution is 2.37. The molecule has 0 amide bonds. The molecule has 112 valence electrons. The first-order valence-corrected chi connectivity index (χ1v) is 8.07. The summed E-state index contributed by atoms with van der Waals surface area (Å²) in [6, 6.07) is 5.82. The van der Waals surface area contributed by atoms with Gasteiger partial charge in [-0.1, -0.05) is 18.2 Å². The molecule has 0 aliphatic carbocycles. The Morgan fingerprint density at radius 2 is 2.20 bits per heavy atom. The number of alkyl halides is 3. The Kier molecular flexibility index (Phi) is 5.38. The summed E-state index contributed by atoms with van der Waals surface area (Å²) < 4.78 is 38.5. The lowest BCUT2D eigenvalue weighted by atomic mass is 9.83. The predicted octanol–water partition coefficient (Wildman–Crippen LogP) is 4.15. The van der Waals surface area contributed by atoms with E-state index < -0.39 is 11.7 Å². The van der Waals surface area contributed by atoms with Crippen LogP contribution in [-0.4, -0.2) is 25.1 Å². The van der Waals surface area contributed by atoms with E-state index in [9.17, 15) is 13.2 Å². The fraction of sp³-hybridized carbons (Fsp3) is 0.600. The zero-order chi connectivity index (χ0) is 14.6. The molecule has 20 heavy (non-hydrogen) atoms. The molecule has 5 heteroatoms. The van der Waals surface area contributed by atoms with Crippen LogP contribution in [0.15, 0.2) is 24.3 Å². The molecule has 2 rings (SSSR count). The summed E-state index contributed by atoms with van der Waals surface area (Å²) in [7, 11) is 1.86. The second kappa shape index (κ2) is 6.85. The molecular weight excluding hydrogens is 283 g/mol. The van der Waals surface area contributed by atoms with Crippen molar-refractivity contribution < 1.29 is 13.2 Å². The van der Waals surface area contributed by atoms with E-state index in [4.69, 9.17) is 0 Å². The molecule has 1 aromatic carbocycles. The molecule has 0 spiro atoms. The van der Waals surface area contributed by atoms with Crippen LogP contribution in [0.3, 0.4) is 0 Å². The van der Waals surface area contributed by atoms with Gasteiger partial charge in [0.2, 0.25) is 0 Å². The van der Waals surface area contributed by atoms with E-state index in [2.05, 4.69) is 5.32 Å². The van der Waals surface area contributed by atoms with Crippen LogP contribution in [0.4, 0.5) is 13.2 Å². The minimum absolute atomic E-state index is 0.162. The molecule has 1 aliphatic rings. The van der Waals surface area contributed by atoms with Crippen LogP contribution in [0.1, 0.15) is 29.9 Å². The highest BCUT2D eigenvalue weighted by Gasteiger charge is 2.32. The Bertz CT molecular complexity index is 427. The second-order valence-electron chi connectivity index (χ2n) is 5.26. The van der Waals surface area contributed by atoms with Crippen molar-refractivity contribution >= 4 is 11.8 Å². The van der Waals surface area contributed by atoms with Gasteiger partial charge in [0.1, 0.15) is 0 Å². The van der Waals surface area contributed by atoms with Gasteiger partial charge in [-0.15, -0.1) is 0 Å². The van der Waals surface area contributed by atoms with Crippen molar-refractivity contribution in [3.05, 3.63) is 35.4 Å². The Morgan fingerprint density at radius 1 is 1.40 bits per heavy atom. The zero-order valence-corrected chi connectivity index (χ0v) is 12.4. The summed E-state index contributed by atoms with van der Waals surface area (Å²) in [5, 5.41) is 3.13. The molecule has 0 saturated carbocycles. The fourth-order valence-electron chi connectivity index (χ4n) is 2.81. The minimum atomic E-state index is -4.26. The molecular formula is C15H20F3NS. The van der Waals surface area contributed by atoms with Crippen molar-refractivity contribution in [1.82, 2.24) is 5.32 Å². The Morgan fingerprint density at radius 3 is 2.80 bits per heavy atom. The van der Waals surface area contributed by atoms with E-state index >= 15 is 0 Å². The predicted molar refractivity (Wildman–Crippen MR) is 78.2 cm³/mol. The molecule has 0 aromatic heterocycles. The fourth-order valence-corrected chi connectivity index (χ4v) is 4.04. The van der Waals surface area contributed by atoms with Crippen molar-refractivity contribution in [1.29, 1.82) is 0 Å². The molecule has 1 nitrogen and oxygen atoms in total. The van der Waals surface area contributed by atoms with Crippen molar-refractivity contribution in [2.75, 3.05) is 25.1 Å². The topological polar surface area (TPSA) is 12.0 Å². The normalized spacial score (nSPS) is 21.7. The molecule has 0 radical (unpaired) electrons. The second-order valence-corrected chi connectivity index (χ2v) is 6.41. The van der Waals surface area contributed by atoms with Gasteiger partial charge in [-0.25, -0.2) is 0 Å². The standard InChI is InChI=1S/C15H20F3NS/c1-19-9-14(12-5-3-7-20-10-12)11-4-2-6-13(8-11)15(16,17)18/h2,4,6,8,12,14,19H,3,5,7,9-10H2,1H3. The highest BCUT2D eigenvalue weighted by molar-refractivity contribution is 7.99. The van der Waals surface area contributed by atoms with Crippen LogP contribution in [0.25, 0.3) is 0 Å². The Labute approximate surface area is 122 Å². The number of hydrogen-bond donors (Lipinski definition) is 1. The van der Waals surface area contributed by atoms with Crippen LogP contribution in [-0.2, 0) is 6.18 Å². The molecule has 1 aromatic rings. The van der Waals surface area contributed by atoms with Crippen molar-refractivity contribution in [3.8, 4) is 0 Å². The zero-order valence-electron chi connectivity index (χ0n) is 11.5. The summed E-state index contributed by atoms with van der Waals surface area (Å²) in [5.74, 6) is 2.84. The summed E-state index contributed by atoms with van der Waals surface area (Å²) in [6.45, 7) is 0.729. The lowest BCUT2D eigenvalue weighted by Gasteiger charge is -2.30. The number of likely N-dealkylation sites (N-methyl/N-ethyl adjacent to an activating group) is 1. The van der Waals surface area contributed by atoms with Crippen LogP contribution >= 0.6 is 11.8 Å². The van der Waals surface area contributed by atoms with Crippen molar-refractivity contribution in [3.63, 3.8) is 0 Å². The molecule has 2 atom stereocenters. The number of halogens is 3. The Balaban J connectivity index is 2.24. The van der Waals surface area contributed by atoms with Gasteiger partial charge < -0.3 is 5.32 Å². The van der Waals surface area contributed by atoms with Crippen LogP contribution < -0.4 is 5.32 Å².